The van der Waals surface area contributed by atoms with Gasteiger partial charge in [0.2, 0.25) is 0 Å². The summed E-state index contributed by atoms with van der Waals surface area (Å²) >= 11 is 0. The lowest BCUT2D eigenvalue weighted by Gasteiger charge is -2.45. The molecule has 2 aliphatic rings. The second kappa shape index (κ2) is 11.1. The Hall–Kier alpha value is -3.60. The van der Waals surface area contributed by atoms with E-state index >= 15 is 0 Å². The van der Waals surface area contributed by atoms with Crippen LogP contribution in [0.25, 0.3) is 0 Å². The summed E-state index contributed by atoms with van der Waals surface area (Å²) in [4.78, 5) is 26.8. The number of rotatable bonds is 8. The summed E-state index contributed by atoms with van der Waals surface area (Å²) in [7, 11) is 3.15. The van der Waals surface area contributed by atoms with Gasteiger partial charge < -0.3 is 24.4 Å². The zero-order valence-corrected chi connectivity index (χ0v) is 22.7. The van der Waals surface area contributed by atoms with E-state index in [-0.39, 0.29) is 6.42 Å². The van der Waals surface area contributed by atoms with Gasteiger partial charge in [-0.05, 0) is 29.7 Å². The van der Waals surface area contributed by atoms with Crippen LogP contribution < -0.4 is 11.2 Å². The fraction of sp³-hybridized carbons (Fsp3) is 0.355. The maximum atomic E-state index is 12.6. The van der Waals surface area contributed by atoms with Crippen molar-refractivity contribution in [2.75, 3.05) is 14.2 Å². The molecule has 0 spiro atoms. The fourth-order valence-electron chi connectivity index (χ4n) is 5.88. The average molecular weight is 547 g/mol. The molecule has 1 aliphatic heterocycles. The normalized spacial score (nSPS) is 23.1. The number of aliphatic hydroxyl groups is 2. The predicted octanol–water partition coefficient (Wildman–Crippen LogP) is 2.72. The number of nitrogens with zero attached hydrogens (tertiary/aromatic N) is 1. The second-order valence-electron chi connectivity index (χ2n) is 10.2. The van der Waals surface area contributed by atoms with Crippen LogP contribution >= 0.6 is 0 Å². The Morgan fingerprint density at radius 3 is 2.17 bits per heavy atom. The number of hydrogen-bond acceptors (Lipinski definition) is 7. The molecule has 1 aliphatic carbocycles. The smallest absolute Gasteiger partial charge is 0.330 e. The summed E-state index contributed by atoms with van der Waals surface area (Å²) in [6, 6.07) is 19.2. The molecule has 0 amide bonds. The van der Waals surface area contributed by atoms with Gasteiger partial charge in [-0.1, -0.05) is 72.8 Å². The number of methoxy groups -OCH3 is 2. The number of benzene rings is 2. The maximum absolute atomic E-state index is 12.6. The van der Waals surface area contributed by atoms with Crippen molar-refractivity contribution in [3.05, 3.63) is 128 Å². The highest BCUT2D eigenvalue weighted by molar-refractivity contribution is 5.55. The Morgan fingerprint density at radius 1 is 1.05 bits per heavy atom. The molecule has 3 N–H and O–H groups in total. The minimum absolute atomic E-state index is 0.0537. The lowest BCUT2D eigenvalue weighted by molar-refractivity contribution is -0.168. The summed E-state index contributed by atoms with van der Waals surface area (Å²) in [6.07, 6.45) is 3.20. The molecule has 210 valence electrons. The van der Waals surface area contributed by atoms with E-state index < -0.39 is 47.0 Å². The van der Waals surface area contributed by atoms with Crippen molar-refractivity contribution in [1.82, 2.24) is 9.55 Å². The molecule has 0 saturated carbocycles. The van der Waals surface area contributed by atoms with Crippen molar-refractivity contribution in [2.24, 2.45) is 0 Å². The third-order valence-electron chi connectivity index (χ3n) is 8.08. The number of ether oxygens (including phenoxy) is 3. The largest absolute Gasteiger partial charge is 0.390 e. The summed E-state index contributed by atoms with van der Waals surface area (Å²) in [5.41, 5.74) is 0.405. The van der Waals surface area contributed by atoms with E-state index in [1.807, 2.05) is 78.9 Å². The monoisotopic (exact) mass is 546 g/mol. The fourth-order valence-corrected chi connectivity index (χ4v) is 5.88. The van der Waals surface area contributed by atoms with Gasteiger partial charge in [0.15, 0.2) is 5.79 Å². The van der Waals surface area contributed by atoms with Crippen molar-refractivity contribution in [3.8, 4) is 0 Å². The third-order valence-corrected chi connectivity index (χ3v) is 8.08. The van der Waals surface area contributed by atoms with E-state index in [9.17, 15) is 19.8 Å². The van der Waals surface area contributed by atoms with Gasteiger partial charge in [-0.25, -0.2) is 4.79 Å². The molecule has 4 atom stereocenters. The van der Waals surface area contributed by atoms with Gasteiger partial charge in [-0.2, -0.15) is 0 Å². The zero-order valence-electron chi connectivity index (χ0n) is 22.7. The first-order valence-corrected chi connectivity index (χ1v) is 13.2. The Bertz CT molecular complexity index is 1470. The van der Waals surface area contributed by atoms with Crippen molar-refractivity contribution < 1.29 is 24.4 Å². The van der Waals surface area contributed by atoms with Crippen molar-refractivity contribution in [3.63, 3.8) is 0 Å². The number of hydrogen-bond donors (Lipinski definition) is 3. The molecular formula is C31H34N2O7. The van der Waals surface area contributed by atoms with Crippen LogP contribution in [0, 0.1) is 6.92 Å². The highest BCUT2D eigenvalue weighted by atomic mass is 16.7. The van der Waals surface area contributed by atoms with Crippen LogP contribution in [0.3, 0.4) is 0 Å². The molecule has 1 unspecified atom stereocenters. The minimum atomic E-state index is -1.29. The predicted molar refractivity (Wildman–Crippen MR) is 149 cm³/mol. The molecule has 1 saturated heterocycles. The lowest BCUT2D eigenvalue weighted by atomic mass is 9.62. The van der Waals surface area contributed by atoms with E-state index in [0.717, 1.165) is 16.7 Å². The maximum Gasteiger partial charge on any atom is 0.330 e. The summed E-state index contributed by atoms with van der Waals surface area (Å²) in [6.45, 7) is 1.59. The Balaban J connectivity index is 1.65. The van der Waals surface area contributed by atoms with E-state index in [0.29, 0.717) is 12.0 Å². The number of allylic oxidation sites excluding steroid dienone is 1. The first-order valence-electron chi connectivity index (χ1n) is 13.2. The molecule has 1 fully saturated rings. The number of H-pyrrole nitrogens is 1. The van der Waals surface area contributed by atoms with E-state index in [4.69, 9.17) is 14.2 Å². The molecule has 2 aromatic carbocycles. The summed E-state index contributed by atoms with van der Waals surface area (Å²) in [5, 5.41) is 23.7. The number of aryl methyl sites for hydroxylation is 1. The van der Waals surface area contributed by atoms with Crippen LogP contribution in [0.1, 0.15) is 35.8 Å². The topological polar surface area (TPSA) is 123 Å². The molecule has 9 nitrogen and oxygen atoms in total. The highest BCUT2D eigenvalue weighted by Gasteiger charge is 2.53. The standard InChI is InChI=1S/C31H34N2O7/c1-20-19-33(29(37)32-28(20)36)25-18-24(34)26(40-25)27(35)31(21-10-6-4-7-11-21,22-12-8-5-9-13-22)23-14-16-30(38-2,39-3)17-15-23/h4-16,19,24-27,34-35H,17-18H2,1-3H3,(H,32,36,37)/t24-,25+,26-,27?/m0/s1. The first-order chi connectivity index (χ1) is 19.3. The minimum Gasteiger partial charge on any atom is -0.390 e. The molecule has 40 heavy (non-hydrogen) atoms. The first kappa shape index (κ1) is 27.9. The van der Waals surface area contributed by atoms with Gasteiger partial charge in [-0.15, -0.1) is 0 Å². The quantitative estimate of drug-likeness (QED) is 0.371. The van der Waals surface area contributed by atoms with Crippen molar-refractivity contribution >= 4 is 0 Å². The molecule has 2 heterocycles. The van der Waals surface area contributed by atoms with E-state index in [2.05, 4.69) is 4.98 Å². The van der Waals surface area contributed by atoms with Crippen LogP contribution in [-0.2, 0) is 19.6 Å². The van der Waals surface area contributed by atoms with Gasteiger partial charge in [0.05, 0.1) is 11.5 Å². The Morgan fingerprint density at radius 2 is 1.65 bits per heavy atom. The van der Waals surface area contributed by atoms with E-state index in [1.165, 1.54) is 10.8 Å². The zero-order chi connectivity index (χ0) is 28.5. The van der Waals surface area contributed by atoms with Gasteiger partial charge in [0, 0.05) is 38.8 Å². The number of aliphatic hydroxyl groups excluding tert-OH is 2. The van der Waals surface area contributed by atoms with Gasteiger partial charge in [0.1, 0.15) is 18.4 Å². The third kappa shape index (κ3) is 4.70. The van der Waals surface area contributed by atoms with Crippen LogP contribution in [-0.4, -0.2) is 58.1 Å². The number of aromatic amines is 1. The Kier molecular flexibility index (Phi) is 7.76. The molecule has 3 aromatic rings. The number of aromatic nitrogens is 2. The van der Waals surface area contributed by atoms with Gasteiger partial charge in [-0.3, -0.25) is 14.3 Å². The summed E-state index contributed by atoms with van der Waals surface area (Å²) < 4.78 is 18.8. The van der Waals surface area contributed by atoms with Gasteiger partial charge in [0.25, 0.3) is 5.56 Å². The molecule has 5 rings (SSSR count). The highest BCUT2D eigenvalue weighted by Crippen LogP contribution is 2.48. The summed E-state index contributed by atoms with van der Waals surface area (Å²) in [5.74, 6) is -0.939. The van der Waals surface area contributed by atoms with Crippen LogP contribution in [0.5, 0.6) is 0 Å². The molecular weight excluding hydrogens is 512 g/mol. The molecule has 1 aromatic heterocycles. The van der Waals surface area contributed by atoms with Crippen LogP contribution in [0.2, 0.25) is 0 Å². The number of nitrogens with one attached hydrogen (secondary N) is 1. The second-order valence-corrected chi connectivity index (χ2v) is 10.2. The van der Waals surface area contributed by atoms with Crippen LogP contribution in [0.4, 0.5) is 0 Å². The Labute approximate surface area is 232 Å². The van der Waals surface area contributed by atoms with Crippen molar-refractivity contribution in [1.29, 1.82) is 0 Å². The van der Waals surface area contributed by atoms with Gasteiger partial charge >= 0.3 is 5.69 Å². The SMILES string of the molecule is COC1(OC)C=CC(C(c2ccccc2)(c2ccccc2)C(O)[C@H]2O[C@@H](n3cc(C)c(=O)[nH]c3=O)C[C@@H]2O)=CC1. The lowest BCUT2D eigenvalue weighted by Crippen LogP contribution is -2.52. The van der Waals surface area contributed by atoms with Crippen molar-refractivity contribution in [2.45, 2.75) is 55.5 Å². The average Bonchev–Trinajstić information content (AvgIpc) is 3.38. The molecule has 0 radical (unpaired) electrons. The molecule has 9 heteroatoms. The van der Waals surface area contributed by atoms with E-state index in [1.54, 1.807) is 21.1 Å². The molecule has 0 bridgehead atoms. The van der Waals surface area contributed by atoms with Crippen LogP contribution in [0.15, 0.2) is 100 Å².